The summed E-state index contributed by atoms with van der Waals surface area (Å²) in [6, 6.07) is -0.830. The second-order valence-corrected chi connectivity index (χ2v) is 22.8. The van der Waals surface area contributed by atoms with Gasteiger partial charge in [0, 0.05) is 12.8 Å². The Labute approximate surface area is 478 Å². The van der Waals surface area contributed by atoms with E-state index in [9.17, 15) is 35.1 Å². The Kier molecular flexibility index (Phi) is 53.3. The molecule has 1 fully saturated rings. The fourth-order valence-corrected chi connectivity index (χ4v) is 10.2. The summed E-state index contributed by atoms with van der Waals surface area (Å²) < 4.78 is 16.7. The van der Waals surface area contributed by atoms with Crippen molar-refractivity contribution in [3.63, 3.8) is 0 Å². The third-order valence-electron chi connectivity index (χ3n) is 15.4. The molecule has 1 amide bonds. The fraction of sp³-hybridized carbons (Fsp3) is 0.851. The zero-order valence-corrected chi connectivity index (χ0v) is 50.4. The van der Waals surface area contributed by atoms with Crippen LogP contribution in [0.2, 0.25) is 0 Å². The van der Waals surface area contributed by atoms with E-state index in [1.54, 1.807) is 6.08 Å². The van der Waals surface area contributed by atoms with E-state index in [1.165, 1.54) is 205 Å². The second-order valence-electron chi connectivity index (χ2n) is 22.8. The van der Waals surface area contributed by atoms with Crippen LogP contribution in [0.3, 0.4) is 0 Å². The van der Waals surface area contributed by atoms with Gasteiger partial charge in [0.25, 0.3) is 0 Å². The van der Waals surface area contributed by atoms with Gasteiger partial charge in [-0.25, -0.2) is 0 Å². The monoisotopic (exact) mass is 1100 g/mol. The van der Waals surface area contributed by atoms with Gasteiger partial charge in [0.15, 0.2) is 6.29 Å². The van der Waals surface area contributed by atoms with E-state index < -0.39 is 49.5 Å². The van der Waals surface area contributed by atoms with Crippen LogP contribution in [0.4, 0.5) is 0 Å². The van der Waals surface area contributed by atoms with Crippen molar-refractivity contribution >= 4 is 11.9 Å². The largest absolute Gasteiger partial charge is 0.466 e. The number of esters is 1. The molecule has 0 aromatic rings. The van der Waals surface area contributed by atoms with Gasteiger partial charge in [-0.3, -0.25) is 9.59 Å². The Morgan fingerprint density at radius 2 is 0.872 bits per heavy atom. The van der Waals surface area contributed by atoms with Gasteiger partial charge in [0.1, 0.15) is 24.4 Å². The normalized spacial score (nSPS) is 18.8. The van der Waals surface area contributed by atoms with Crippen LogP contribution < -0.4 is 5.32 Å². The number of nitrogens with one attached hydrogen (secondary N) is 1. The summed E-state index contributed by atoms with van der Waals surface area (Å²) in [6.45, 7) is 4.32. The lowest BCUT2D eigenvalue weighted by Gasteiger charge is -2.40. The SMILES string of the molecule is CCCCCCCC/C=C/CC/C=C/C(O)C(COC1OC(CO)C(O)C(O)C1O)NC(=O)CCCCCCCCCCCCC/C=C\C/C=C\CCCCCCCCCCCOC(=O)CCCCCCCCCCCCC. The molecule has 0 bridgehead atoms. The number of aliphatic hydroxyl groups is 5. The van der Waals surface area contributed by atoms with Crippen LogP contribution in [0.15, 0.2) is 48.6 Å². The Morgan fingerprint density at radius 1 is 0.474 bits per heavy atom. The topological polar surface area (TPSA) is 175 Å². The molecule has 7 unspecified atom stereocenters. The fourth-order valence-electron chi connectivity index (χ4n) is 10.2. The Morgan fingerprint density at radius 3 is 1.35 bits per heavy atom. The lowest BCUT2D eigenvalue weighted by molar-refractivity contribution is -0.302. The van der Waals surface area contributed by atoms with Crippen molar-refractivity contribution in [3.8, 4) is 0 Å². The molecular formula is C67H123NO10. The molecule has 0 aromatic carbocycles. The van der Waals surface area contributed by atoms with Crippen LogP contribution in [0.25, 0.3) is 0 Å². The van der Waals surface area contributed by atoms with E-state index in [2.05, 4.69) is 55.6 Å². The van der Waals surface area contributed by atoms with Gasteiger partial charge in [0.05, 0.1) is 32.0 Å². The minimum absolute atomic E-state index is 0.000210. The van der Waals surface area contributed by atoms with Crippen molar-refractivity contribution in [2.45, 2.75) is 346 Å². The first-order valence-corrected chi connectivity index (χ1v) is 32.9. The third-order valence-corrected chi connectivity index (χ3v) is 15.4. The quantitative estimate of drug-likeness (QED) is 0.0195. The van der Waals surface area contributed by atoms with Crippen LogP contribution in [0, 0.1) is 0 Å². The summed E-state index contributed by atoms with van der Waals surface area (Å²) in [6.07, 6.45) is 62.3. The summed E-state index contributed by atoms with van der Waals surface area (Å²) in [5.74, 6) is -0.195. The minimum atomic E-state index is -1.58. The number of ether oxygens (including phenoxy) is 3. The zero-order chi connectivity index (χ0) is 56.6. The summed E-state index contributed by atoms with van der Waals surface area (Å²) in [7, 11) is 0. The molecule has 7 atom stereocenters. The smallest absolute Gasteiger partial charge is 0.305 e. The van der Waals surface area contributed by atoms with Crippen molar-refractivity contribution in [1.82, 2.24) is 5.32 Å². The van der Waals surface area contributed by atoms with Crippen LogP contribution in [0.5, 0.6) is 0 Å². The van der Waals surface area contributed by atoms with Gasteiger partial charge >= 0.3 is 5.97 Å². The Balaban J connectivity index is 2.03. The number of carbonyl (C=O) groups excluding carboxylic acids is 2. The van der Waals surface area contributed by atoms with E-state index in [0.717, 1.165) is 70.6 Å². The van der Waals surface area contributed by atoms with Crippen molar-refractivity contribution < 1.29 is 49.3 Å². The number of rotatable bonds is 57. The summed E-state index contributed by atoms with van der Waals surface area (Å²) in [5.41, 5.74) is 0. The molecule has 1 rings (SSSR count). The molecule has 6 N–H and O–H groups in total. The number of hydrogen-bond acceptors (Lipinski definition) is 10. The highest BCUT2D eigenvalue weighted by atomic mass is 16.7. The van der Waals surface area contributed by atoms with Crippen LogP contribution in [0.1, 0.15) is 303 Å². The van der Waals surface area contributed by atoms with Crippen molar-refractivity contribution in [1.29, 1.82) is 0 Å². The first-order chi connectivity index (χ1) is 38.2. The predicted octanol–water partition coefficient (Wildman–Crippen LogP) is 16.0. The van der Waals surface area contributed by atoms with Gasteiger partial charge in [-0.2, -0.15) is 0 Å². The molecule has 0 aliphatic carbocycles. The number of aliphatic hydroxyl groups excluding tert-OH is 5. The molecule has 1 saturated heterocycles. The van der Waals surface area contributed by atoms with Crippen molar-refractivity contribution in [2.75, 3.05) is 19.8 Å². The van der Waals surface area contributed by atoms with Crippen LogP contribution in [-0.4, -0.2) is 100 Å². The average Bonchev–Trinajstić information content (AvgIpc) is 3.44. The molecule has 1 heterocycles. The highest BCUT2D eigenvalue weighted by Crippen LogP contribution is 2.23. The summed E-state index contributed by atoms with van der Waals surface area (Å²) >= 11 is 0. The molecule has 0 spiro atoms. The van der Waals surface area contributed by atoms with Gasteiger partial charge in [-0.1, -0.05) is 262 Å². The number of allylic oxidation sites excluding steroid dienone is 7. The zero-order valence-electron chi connectivity index (χ0n) is 50.4. The first kappa shape index (κ1) is 73.6. The lowest BCUT2D eigenvalue weighted by atomic mass is 9.99. The Bertz CT molecular complexity index is 1430. The second kappa shape index (κ2) is 56.5. The maximum atomic E-state index is 13.0. The summed E-state index contributed by atoms with van der Waals surface area (Å²) in [5, 5.41) is 54.4. The minimum Gasteiger partial charge on any atom is -0.466 e. The van der Waals surface area contributed by atoms with E-state index in [1.807, 2.05) is 6.08 Å². The maximum Gasteiger partial charge on any atom is 0.305 e. The number of carbonyl (C=O) groups is 2. The highest BCUT2D eigenvalue weighted by Gasteiger charge is 2.44. The third kappa shape index (κ3) is 45.3. The molecule has 78 heavy (non-hydrogen) atoms. The molecule has 1 aliphatic rings. The van der Waals surface area contributed by atoms with E-state index in [4.69, 9.17) is 14.2 Å². The molecule has 0 aromatic heterocycles. The van der Waals surface area contributed by atoms with Crippen molar-refractivity contribution in [2.24, 2.45) is 0 Å². The van der Waals surface area contributed by atoms with E-state index >= 15 is 0 Å². The highest BCUT2D eigenvalue weighted by molar-refractivity contribution is 5.76. The van der Waals surface area contributed by atoms with Gasteiger partial charge < -0.3 is 45.1 Å². The number of hydrogen-bond donors (Lipinski definition) is 6. The van der Waals surface area contributed by atoms with Gasteiger partial charge in [-0.15, -0.1) is 0 Å². The summed E-state index contributed by atoms with van der Waals surface area (Å²) in [4.78, 5) is 25.0. The number of unbranched alkanes of at least 4 members (excludes halogenated alkanes) is 37. The predicted molar refractivity (Wildman–Crippen MR) is 324 cm³/mol. The molecular weight excluding hydrogens is 979 g/mol. The van der Waals surface area contributed by atoms with Crippen LogP contribution in [-0.2, 0) is 23.8 Å². The molecule has 456 valence electrons. The average molecular weight is 1100 g/mol. The molecule has 11 nitrogen and oxygen atoms in total. The molecule has 0 radical (unpaired) electrons. The standard InChI is InChI=1S/C67H123NO10/c1-3-5-7-9-11-13-15-34-37-41-45-49-53-60(70)59(58-77-67-66(75)65(74)64(73)61(57-69)78-67)68-62(71)54-50-46-42-38-35-31-29-27-25-23-21-19-17-16-18-20-22-24-26-28-30-32-36-40-44-48-52-56-76-63(72)55-51-47-43-39-33-14-12-10-8-6-4-2/h16-17,20,22,34,37,49,53,59-61,64-67,69-70,73-75H,3-15,18-19,21,23-33,35-36,38-48,50-52,54-58H2,1-2H3,(H,68,71)/b17-16-,22-20-,37-34+,53-49+. The van der Waals surface area contributed by atoms with Gasteiger partial charge in [0.2, 0.25) is 5.91 Å². The molecule has 1 aliphatic heterocycles. The number of amides is 1. The van der Waals surface area contributed by atoms with E-state index in [-0.39, 0.29) is 18.5 Å². The molecule has 11 heteroatoms. The molecule has 0 saturated carbocycles. The van der Waals surface area contributed by atoms with E-state index in [0.29, 0.717) is 19.4 Å². The first-order valence-electron chi connectivity index (χ1n) is 32.9. The Hall–Kier alpha value is -2.38. The van der Waals surface area contributed by atoms with Crippen molar-refractivity contribution in [3.05, 3.63) is 48.6 Å². The lowest BCUT2D eigenvalue weighted by Crippen LogP contribution is -2.60. The van der Waals surface area contributed by atoms with Crippen LogP contribution >= 0.6 is 0 Å². The maximum absolute atomic E-state index is 13.0. The van der Waals surface area contributed by atoms with Gasteiger partial charge in [-0.05, 0) is 77.0 Å².